The van der Waals surface area contributed by atoms with E-state index < -0.39 is 0 Å². The second kappa shape index (κ2) is 14.0. The van der Waals surface area contributed by atoms with E-state index in [2.05, 4.69) is 34.4 Å². The Labute approximate surface area is 188 Å². The maximum Gasteiger partial charge on any atom is 0.191 e. The molecule has 2 heterocycles. The first-order valence-corrected chi connectivity index (χ1v) is 10.6. The number of guanidine groups is 1. The van der Waals surface area contributed by atoms with Gasteiger partial charge in [-0.1, -0.05) is 26.7 Å². The highest BCUT2D eigenvalue weighted by Gasteiger charge is 2.34. The normalized spacial score (nSPS) is 24.8. The van der Waals surface area contributed by atoms with Crippen molar-refractivity contribution in [1.29, 1.82) is 0 Å². The summed E-state index contributed by atoms with van der Waals surface area (Å²) in [5, 5.41) is 16.4. The van der Waals surface area contributed by atoms with Crippen LogP contribution in [0.2, 0.25) is 0 Å². The summed E-state index contributed by atoms with van der Waals surface area (Å²) < 4.78 is 11.1. The van der Waals surface area contributed by atoms with Gasteiger partial charge in [0.05, 0.1) is 19.8 Å². The highest BCUT2D eigenvalue weighted by atomic mass is 127. The van der Waals surface area contributed by atoms with Gasteiger partial charge in [-0.3, -0.25) is 9.89 Å². The molecule has 0 aromatic rings. The largest absolute Gasteiger partial charge is 0.396 e. The lowest BCUT2D eigenvalue weighted by Gasteiger charge is -2.39. The molecule has 8 heteroatoms. The zero-order valence-electron chi connectivity index (χ0n) is 17.9. The summed E-state index contributed by atoms with van der Waals surface area (Å²) in [7, 11) is 1.82. The van der Waals surface area contributed by atoms with Crippen molar-refractivity contribution >= 4 is 29.9 Å². The Balaban J connectivity index is 0.00000392. The van der Waals surface area contributed by atoms with E-state index in [4.69, 9.17) is 9.47 Å². The summed E-state index contributed by atoms with van der Waals surface area (Å²) in [6.45, 7) is 11.6. The molecule has 0 aliphatic carbocycles. The minimum absolute atomic E-state index is 0. The molecule has 2 saturated heterocycles. The van der Waals surface area contributed by atoms with Crippen LogP contribution in [0.15, 0.2) is 4.99 Å². The molecule has 2 rings (SSSR count). The number of ether oxygens (including phenoxy) is 2. The van der Waals surface area contributed by atoms with E-state index in [1.807, 2.05) is 7.05 Å². The lowest BCUT2D eigenvalue weighted by atomic mass is 9.84. The predicted molar refractivity (Wildman–Crippen MR) is 125 cm³/mol. The molecule has 0 saturated carbocycles. The van der Waals surface area contributed by atoms with E-state index in [9.17, 15) is 5.11 Å². The average Bonchev–Trinajstić information content (AvgIpc) is 3.17. The minimum Gasteiger partial charge on any atom is -0.396 e. The molecule has 28 heavy (non-hydrogen) atoms. The van der Waals surface area contributed by atoms with E-state index in [0.29, 0.717) is 18.6 Å². The fourth-order valence-electron chi connectivity index (χ4n) is 4.34. The molecule has 2 atom stereocenters. The SMILES string of the molecule is CCC(CC)C(CNC(=NC)NCC1(CCO)CCOC1)N1CCOCC1.I. The lowest BCUT2D eigenvalue weighted by molar-refractivity contribution is 0.00271. The average molecular weight is 512 g/mol. The third kappa shape index (κ3) is 7.59. The van der Waals surface area contributed by atoms with Crippen molar-refractivity contribution in [2.24, 2.45) is 16.3 Å². The Kier molecular flexibility index (Phi) is 12.9. The number of hydrogen-bond donors (Lipinski definition) is 3. The van der Waals surface area contributed by atoms with E-state index in [1.54, 1.807) is 0 Å². The van der Waals surface area contributed by atoms with Gasteiger partial charge in [0.2, 0.25) is 0 Å². The number of hydrogen-bond acceptors (Lipinski definition) is 5. The van der Waals surface area contributed by atoms with Crippen LogP contribution in [0.4, 0.5) is 0 Å². The fourth-order valence-corrected chi connectivity index (χ4v) is 4.34. The lowest BCUT2D eigenvalue weighted by Crippen LogP contribution is -2.54. The smallest absolute Gasteiger partial charge is 0.191 e. The Morgan fingerprint density at radius 3 is 2.39 bits per heavy atom. The van der Waals surface area contributed by atoms with Crippen LogP contribution in [0.1, 0.15) is 39.5 Å². The molecule has 2 aliphatic heterocycles. The third-order valence-corrected chi connectivity index (χ3v) is 6.27. The number of nitrogens with zero attached hydrogens (tertiary/aromatic N) is 2. The first-order chi connectivity index (χ1) is 13.2. The van der Waals surface area contributed by atoms with Crippen molar-refractivity contribution in [3.8, 4) is 0 Å². The summed E-state index contributed by atoms with van der Waals surface area (Å²) >= 11 is 0. The number of halogens is 1. The Morgan fingerprint density at radius 2 is 1.86 bits per heavy atom. The molecule has 3 N–H and O–H groups in total. The number of morpholine rings is 1. The van der Waals surface area contributed by atoms with Gasteiger partial charge in [0.15, 0.2) is 5.96 Å². The molecule has 2 aliphatic rings. The van der Waals surface area contributed by atoms with Crippen molar-refractivity contribution in [2.75, 3.05) is 66.3 Å². The minimum atomic E-state index is 0. The molecule has 7 nitrogen and oxygen atoms in total. The molecule has 166 valence electrons. The Morgan fingerprint density at radius 1 is 1.14 bits per heavy atom. The molecule has 0 amide bonds. The third-order valence-electron chi connectivity index (χ3n) is 6.27. The van der Waals surface area contributed by atoms with E-state index >= 15 is 0 Å². The van der Waals surface area contributed by atoms with Crippen LogP contribution in [0.5, 0.6) is 0 Å². The fraction of sp³-hybridized carbons (Fsp3) is 0.950. The molecule has 0 bridgehead atoms. The van der Waals surface area contributed by atoms with Crippen LogP contribution in [-0.2, 0) is 9.47 Å². The van der Waals surface area contributed by atoms with Gasteiger partial charge in [0.25, 0.3) is 0 Å². The molecular weight excluding hydrogens is 471 g/mol. The van der Waals surface area contributed by atoms with Crippen LogP contribution in [-0.4, -0.2) is 88.3 Å². The summed E-state index contributed by atoms with van der Waals surface area (Å²) in [5.41, 5.74) is 0.0192. The first-order valence-electron chi connectivity index (χ1n) is 10.6. The van der Waals surface area contributed by atoms with E-state index in [0.717, 1.165) is 64.8 Å². The van der Waals surface area contributed by atoms with Crippen LogP contribution < -0.4 is 10.6 Å². The first kappa shape index (κ1) is 25.9. The summed E-state index contributed by atoms with van der Waals surface area (Å²) in [6, 6.07) is 0.490. The quantitative estimate of drug-likeness (QED) is 0.235. The second-order valence-corrected chi connectivity index (χ2v) is 7.88. The van der Waals surface area contributed by atoms with Gasteiger partial charge in [-0.25, -0.2) is 0 Å². The van der Waals surface area contributed by atoms with Crippen molar-refractivity contribution in [3.05, 3.63) is 0 Å². The highest BCUT2D eigenvalue weighted by molar-refractivity contribution is 14.0. The van der Waals surface area contributed by atoms with Gasteiger partial charge >= 0.3 is 0 Å². The molecular formula is C20H41IN4O3. The monoisotopic (exact) mass is 512 g/mol. The Hall–Kier alpha value is -0.160. The van der Waals surface area contributed by atoms with Crippen LogP contribution in [0.25, 0.3) is 0 Å². The zero-order chi connectivity index (χ0) is 19.5. The van der Waals surface area contributed by atoms with Gasteiger partial charge in [-0.15, -0.1) is 24.0 Å². The topological polar surface area (TPSA) is 78.4 Å². The molecule has 0 spiro atoms. The van der Waals surface area contributed by atoms with Crippen LogP contribution >= 0.6 is 24.0 Å². The van der Waals surface area contributed by atoms with Crippen molar-refractivity contribution in [2.45, 2.75) is 45.6 Å². The van der Waals surface area contributed by atoms with Gasteiger partial charge in [0.1, 0.15) is 0 Å². The molecule has 0 aromatic heterocycles. The molecule has 2 unspecified atom stereocenters. The number of aliphatic hydroxyl groups excluding tert-OH is 1. The molecule has 2 fully saturated rings. The van der Waals surface area contributed by atoms with Crippen molar-refractivity contribution < 1.29 is 14.6 Å². The van der Waals surface area contributed by atoms with Gasteiger partial charge in [0, 0.05) is 57.9 Å². The number of rotatable bonds is 10. The number of aliphatic imine (C=N–C) groups is 1. The highest BCUT2D eigenvalue weighted by Crippen LogP contribution is 2.31. The summed E-state index contributed by atoms with van der Waals surface area (Å²) in [4.78, 5) is 6.99. The second-order valence-electron chi connectivity index (χ2n) is 7.88. The molecule has 0 radical (unpaired) electrons. The van der Waals surface area contributed by atoms with Crippen molar-refractivity contribution in [1.82, 2.24) is 15.5 Å². The molecule has 0 aromatic carbocycles. The number of aliphatic hydroxyl groups is 1. The number of nitrogens with one attached hydrogen (secondary N) is 2. The van der Waals surface area contributed by atoms with Gasteiger partial charge in [-0.2, -0.15) is 0 Å². The van der Waals surface area contributed by atoms with Crippen molar-refractivity contribution in [3.63, 3.8) is 0 Å². The van der Waals surface area contributed by atoms with E-state index in [1.165, 1.54) is 12.8 Å². The van der Waals surface area contributed by atoms with Crippen LogP contribution in [0.3, 0.4) is 0 Å². The maximum absolute atomic E-state index is 9.41. The van der Waals surface area contributed by atoms with Crippen LogP contribution in [0, 0.1) is 11.3 Å². The zero-order valence-corrected chi connectivity index (χ0v) is 20.2. The maximum atomic E-state index is 9.41. The van der Waals surface area contributed by atoms with Gasteiger partial charge < -0.3 is 25.2 Å². The standard InChI is InChI=1S/C20H40N4O3.HI/c1-4-17(5-2)18(24-8-12-26-13-9-24)14-22-19(21-3)23-15-20(6-10-25)7-11-27-16-20;/h17-18,25H,4-16H2,1-3H3,(H2,21,22,23);1H. The summed E-state index contributed by atoms with van der Waals surface area (Å²) in [6.07, 6.45) is 4.12. The van der Waals surface area contributed by atoms with Gasteiger partial charge in [-0.05, 0) is 18.8 Å². The predicted octanol–water partition coefficient (Wildman–Crippen LogP) is 1.70. The summed E-state index contributed by atoms with van der Waals surface area (Å²) in [5.74, 6) is 1.50. The van der Waals surface area contributed by atoms with E-state index in [-0.39, 0.29) is 36.0 Å². The Bertz CT molecular complexity index is 437.